The van der Waals surface area contributed by atoms with Crippen molar-refractivity contribution in [2.75, 3.05) is 4.90 Å². The summed E-state index contributed by atoms with van der Waals surface area (Å²) in [5.41, 5.74) is 10.7. The van der Waals surface area contributed by atoms with Gasteiger partial charge in [-0.2, -0.15) is 0 Å². The second-order valence-corrected chi connectivity index (χ2v) is 14.9. The van der Waals surface area contributed by atoms with Gasteiger partial charge in [0.15, 0.2) is 0 Å². The van der Waals surface area contributed by atoms with Crippen molar-refractivity contribution in [1.29, 1.82) is 0 Å². The molecule has 0 aliphatic heterocycles. The van der Waals surface area contributed by atoms with Crippen LogP contribution in [0.3, 0.4) is 0 Å². The van der Waals surface area contributed by atoms with Gasteiger partial charge in [0.25, 0.3) is 0 Å². The maximum Gasteiger partial charge on any atom is 0.0714 e. The smallest absolute Gasteiger partial charge is 0.0714 e. The van der Waals surface area contributed by atoms with E-state index in [0.29, 0.717) is 5.56 Å². The van der Waals surface area contributed by atoms with Gasteiger partial charge in [0.2, 0.25) is 0 Å². The van der Waals surface area contributed by atoms with Gasteiger partial charge in [-0.1, -0.05) is 200 Å². The van der Waals surface area contributed by atoms with E-state index < -0.39 is 5.41 Å². The predicted octanol–water partition coefficient (Wildman–Crippen LogP) is 15.2. The van der Waals surface area contributed by atoms with Crippen LogP contribution >= 0.6 is 0 Å². The molecule has 1 heteroatoms. The SMILES string of the molecule is [2H]c1c([2H])c(N(c2ccc3c(c2)C(c2ccccc2)(c2ccccc2)c2ccccc2-3)c2cccc3ccccc23)c([2H])c([2H])c1-c1cccc(-c2cccc3ccccc23)c1. The summed E-state index contributed by atoms with van der Waals surface area (Å²) in [6.07, 6.45) is 0. The predicted molar refractivity (Wildman–Crippen MR) is 244 cm³/mol. The standard InChI is InChI=1S/C57H39N/c1-3-22-45(23-4-1)57(46-24-5-2-6-25-46)54-30-12-11-28-52(54)53-37-36-48(39-55(53)57)58(56-31-15-19-42-17-8-10-27-51(42)56)47-34-32-40(33-35-47)43-20-13-21-44(38-43)50-29-14-18-41-16-7-9-26-49(41)50/h1-39H/i32D,33D,34D,35D. The molecule has 58 heavy (non-hydrogen) atoms. The second kappa shape index (κ2) is 13.9. The van der Waals surface area contributed by atoms with Crippen LogP contribution in [-0.4, -0.2) is 0 Å². The topological polar surface area (TPSA) is 3.24 Å². The van der Waals surface area contributed by atoms with Crippen LogP contribution in [0.2, 0.25) is 0 Å². The van der Waals surface area contributed by atoms with E-state index in [2.05, 4.69) is 146 Å². The first-order chi connectivity index (χ1) is 30.4. The Kier molecular flexibility index (Phi) is 7.14. The molecule has 0 atom stereocenters. The molecule has 10 aromatic carbocycles. The Hall–Kier alpha value is -7.48. The lowest BCUT2D eigenvalue weighted by molar-refractivity contribution is 0.768. The van der Waals surface area contributed by atoms with Crippen LogP contribution < -0.4 is 4.90 Å². The molecule has 1 aliphatic carbocycles. The van der Waals surface area contributed by atoms with Gasteiger partial charge in [0.05, 0.1) is 16.6 Å². The van der Waals surface area contributed by atoms with Crippen LogP contribution in [0.4, 0.5) is 17.1 Å². The number of benzene rings is 10. The van der Waals surface area contributed by atoms with E-state index >= 15 is 0 Å². The molecule has 0 fully saturated rings. The maximum atomic E-state index is 9.86. The lowest BCUT2D eigenvalue weighted by Gasteiger charge is -2.35. The minimum absolute atomic E-state index is 0.0993. The van der Waals surface area contributed by atoms with Crippen molar-refractivity contribution in [3.05, 3.63) is 259 Å². The van der Waals surface area contributed by atoms with Gasteiger partial charge in [-0.25, -0.2) is 0 Å². The van der Waals surface area contributed by atoms with Gasteiger partial charge in [-0.3, -0.25) is 0 Å². The Bertz CT molecular complexity index is 3280. The van der Waals surface area contributed by atoms with Gasteiger partial charge in [0.1, 0.15) is 0 Å². The van der Waals surface area contributed by atoms with E-state index in [9.17, 15) is 5.48 Å². The molecule has 0 N–H and O–H groups in total. The average Bonchev–Trinajstić information content (AvgIpc) is 3.63. The van der Waals surface area contributed by atoms with E-state index in [0.717, 1.165) is 71.9 Å². The van der Waals surface area contributed by atoms with E-state index in [1.165, 1.54) is 5.56 Å². The number of rotatable bonds is 7. The third-order valence-corrected chi connectivity index (χ3v) is 11.8. The molecular formula is C57H39N. The fourth-order valence-corrected chi connectivity index (χ4v) is 9.24. The molecule has 11 rings (SSSR count). The van der Waals surface area contributed by atoms with E-state index in [4.69, 9.17) is 0 Å². The molecule has 0 amide bonds. The van der Waals surface area contributed by atoms with Crippen molar-refractivity contribution in [3.8, 4) is 33.4 Å². The maximum absolute atomic E-state index is 9.86. The number of hydrogen-bond donors (Lipinski definition) is 0. The monoisotopic (exact) mass is 741 g/mol. The first-order valence-corrected chi connectivity index (χ1v) is 19.8. The Balaban J connectivity index is 1.16. The van der Waals surface area contributed by atoms with Crippen molar-refractivity contribution in [2.24, 2.45) is 0 Å². The van der Waals surface area contributed by atoms with Crippen LogP contribution in [0.25, 0.3) is 54.9 Å². The third kappa shape index (κ3) is 5.39. The number of hydrogen-bond acceptors (Lipinski definition) is 1. The lowest BCUT2D eigenvalue weighted by Crippen LogP contribution is -2.28. The Morgan fingerprint density at radius 1 is 0.345 bits per heavy atom. The number of fused-ring (bicyclic) bond motifs is 5. The molecule has 0 spiro atoms. The highest BCUT2D eigenvalue weighted by Gasteiger charge is 2.46. The molecule has 0 radical (unpaired) electrons. The second-order valence-electron chi connectivity index (χ2n) is 14.9. The largest absolute Gasteiger partial charge is 0.310 e. The lowest BCUT2D eigenvalue weighted by atomic mass is 9.67. The first kappa shape index (κ1) is 29.8. The quantitative estimate of drug-likeness (QED) is 0.157. The Labute approximate surface area is 345 Å². The summed E-state index contributed by atoms with van der Waals surface area (Å²) >= 11 is 0. The summed E-state index contributed by atoms with van der Waals surface area (Å²) in [5.74, 6) is 0. The summed E-state index contributed by atoms with van der Waals surface area (Å²) in [6, 6.07) is 72.4. The number of nitrogens with zero attached hydrogens (tertiary/aromatic N) is 1. The van der Waals surface area contributed by atoms with Gasteiger partial charge in [0, 0.05) is 16.8 Å². The minimum Gasteiger partial charge on any atom is -0.310 e. The summed E-state index contributed by atoms with van der Waals surface area (Å²) in [5, 5.41) is 4.16. The molecule has 1 nitrogen and oxygen atoms in total. The molecule has 0 saturated heterocycles. The third-order valence-electron chi connectivity index (χ3n) is 11.8. The fraction of sp³-hybridized carbons (Fsp3) is 0.0175. The van der Waals surface area contributed by atoms with Crippen LogP contribution in [-0.2, 0) is 5.41 Å². The number of anilines is 3. The zero-order valence-electron chi connectivity index (χ0n) is 35.7. The first-order valence-electron chi connectivity index (χ1n) is 21.8. The van der Waals surface area contributed by atoms with Crippen LogP contribution in [0.5, 0.6) is 0 Å². The van der Waals surface area contributed by atoms with Gasteiger partial charge >= 0.3 is 0 Å². The molecule has 0 heterocycles. The van der Waals surface area contributed by atoms with Gasteiger partial charge in [-0.05, 0) is 108 Å². The summed E-state index contributed by atoms with van der Waals surface area (Å²) in [4.78, 5) is 1.95. The minimum atomic E-state index is -0.678. The molecule has 0 bridgehead atoms. The summed E-state index contributed by atoms with van der Waals surface area (Å²) in [7, 11) is 0. The summed E-state index contributed by atoms with van der Waals surface area (Å²) < 4.78 is 39.1. The molecule has 0 aromatic heterocycles. The highest BCUT2D eigenvalue weighted by Crippen LogP contribution is 2.57. The molecule has 0 unspecified atom stereocenters. The normalized spacial score (nSPS) is 13.6. The van der Waals surface area contributed by atoms with Crippen molar-refractivity contribution >= 4 is 38.6 Å². The molecular weight excluding hydrogens is 699 g/mol. The van der Waals surface area contributed by atoms with Crippen LogP contribution in [0.1, 0.15) is 27.7 Å². The Morgan fingerprint density at radius 2 is 0.897 bits per heavy atom. The van der Waals surface area contributed by atoms with Crippen molar-refractivity contribution in [3.63, 3.8) is 0 Å². The zero-order chi connectivity index (χ0) is 42.0. The molecule has 1 aliphatic rings. The van der Waals surface area contributed by atoms with Crippen molar-refractivity contribution in [2.45, 2.75) is 5.41 Å². The molecule has 272 valence electrons. The van der Waals surface area contributed by atoms with Crippen molar-refractivity contribution in [1.82, 2.24) is 0 Å². The van der Waals surface area contributed by atoms with Crippen LogP contribution in [0, 0.1) is 0 Å². The van der Waals surface area contributed by atoms with E-state index in [-0.39, 0.29) is 35.4 Å². The highest BCUT2D eigenvalue weighted by atomic mass is 15.1. The van der Waals surface area contributed by atoms with Gasteiger partial charge in [-0.15, -0.1) is 0 Å². The summed E-state index contributed by atoms with van der Waals surface area (Å²) in [6.45, 7) is 0. The fourth-order valence-electron chi connectivity index (χ4n) is 9.24. The average molecular weight is 742 g/mol. The molecule has 0 saturated carbocycles. The molecule has 10 aromatic rings. The van der Waals surface area contributed by atoms with Crippen molar-refractivity contribution < 1.29 is 5.48 Å². The zero-order valence-corrected chi connectivity index (χ0v) is 31.7. The van der Waals surface area contributed by atoms with E-state index in [1.54, 1.807) is 0 Å². The van der Waals surface area contributed by atoms with E-state index in [1.807, 2.05) is 71.6 Å². The van der Waals surface area contributed by atoms with Gasteiger partial charge < -0.3 is 4.90 Å². The Morgan fingerprint density at radius 3 is 1.66 bits per heavy atom. The highest BCUT2D eigenvalue weighted by molar-refractivity contribution is 6.00. The van der Waals surface area contributed by atoms with Crippen LogP contribution in [0.15, 0.2) is 236 Å².